The molecule has 1 aliphatic carbocycles. The molecule has 0 aliphatic heterocycles. The summed E-state index contributed by atoms with van der Waals surface area (Å²) < 4.78 is 0. The Bertz CT molecular complexity index is 956. The van der Waals surface area contributed by atoms with Gasteiger partial charge in [-0.1, -0.05) is 95.9 Å². The zero-order valence-corrected chi connectivity index (χ0v) is 26.6. The molecule has 33 heavy (non-hydrogen) atoms. The van der Waals surface area contributed by atoms with Crippen molar-refractivity contribution in [2.75, 3.05) is 0 Å². The Hall–Kier alpha value is -0.530. The van der Waals surface area contributed by atoms with Crippen molar-refractivity contribution < 1.29 is 51.0 Å². The van der Waals surface area contributed by atoms with Gasteiger partial charge in [-0.2, -0.15) is 47.5 Å². The van der Waals surface area contributed by atoms with E-state index in [1.54, 1.807) is 5.19 Å². The van der Waals surface area contributed by atoms with Crippen molar-refractivity contribution in [3.8, 4) is 11.1 Å². The van der Waals surface area contributed by atoms with Gasteiger partial charge in [0.05, 0.1) is 0 Å². The molecular weight excluding hydrogens is 539 g/mol. The summed E-state index contributed by atoms with van der Waals surface area (Å²) in [6, 6.07) is 23.8. The van der Waals surface area contributed by atoms with Crippen LogP contribution in [0.2, 0.25) is 19.6 Å². The smallest absolute Gasteiger partial charge is 1.00 e. The van der Waals surface area contributed by atoms with Crippen molar-refractivity contribution in [1.82, 2.24) is 0 Å². The van der Waals surface area contributed by atoms with Crippen LogP contribution in [0.25, 0.3) is 11.1 Å². The monoisotopic (exact) mass is 574 g/mol. The average Bonchev–Trinajstić information content (AvgIpc) is 3.27. The number of fused-ring (bicyclic) bond motifs is 3. The summed E-state index contributed by atoms with van der Waals surface area (Å²) in [7, 11) is -0.981. The van der Waals surface area contributed by atoms with Crippen LogP contribution in [0.5, 0.6) is 0 Å². The standard InChI is InChI=1S/C21H25.C8H13Si.2ClH.Zr/c1-20(2,3)16-9-7-14-11-15-8-10-17(21(4,5)6)13-19(15)18(14)12-16;1-9(2,3)8-6-4-5-7-8;;;/h7,9-10,12-13H,11H2,1-6H3;4-7H,1-3H3;2*1H;/q2*-1;;;+4/p-2. The summed E-state index contributed by atoms with van der Waals surface area (Å²) in [4.78, 5) is 0. The van der Waals surface area contributed by atoms with Gasteiger partial charge in [0.2, 0.25) is 0 Å². The molecule has 0 radical (unpaired) electrons. The van der Waals surface area contributed by atoms with Crippen LogP contribution >= 0.6 is 0 Å². The van der Waals surface area contributed by atoms with Gasteiger partial charge in [-0.3, -0.25) is 0 Å². The van der Waals surface area contributed by atoms with Crippen LogP contribution in [0.3, 0.4) is 0 Å². The van der Waals surface area contributed by atoms with Gasteiger partial charge in [-0.15, -0.1) is 5.56 Å². The zero-order valence-electron chi connectivity index (χ0n) is 21.7. The first-order valence-corrected chi connectivity index (χ1v) is 14.7. The van der Waals surface area contributed by atoms with Gasteiger partial charge in [0.15, 0.2) is 0 Å². The van der Waals surface area contributed by atoms with Crippen LogP contribution in [0.4, 0.5) is 0 Å². The predicted octanol–water partition coefficient (Wildman–Crippen LogP) is 1.61. The van der Waals surface area contributed by atoms with E-state index in [9.17, 15) is 0 Å². The fraction of sp³-hybridized carbons (Fsp3) is 0.414. The van der Waals surface area contributed by atoms with Gasteiger partial charge < -0.3 is 24.8 Å². The van der Waals surface area contributed by atoms with Crippen molar-refractivity contribution in [2.24, 2.45) is 0 Å². The van der Waals surface area contributed by atoms with Crippen LogP contribution in [-0.4, -0.2) is 8.07 Å². The molecular formula is C29H38Cl2SiZr. The average molecular weight is 577 g/mol. The second-order valence-corrected chi connectivity index (χ2v) is 16.8. The fourth-order valence-corrected chi connectivity index (χ4v) is 5.05. The zero-order chi connectivity index (χ0) is 22.3. The number of benzene rings is 2. The minimum atomic E-state index is -0.981. The van der Waals surface area contributed by atoms with E-state index in [4.69, 9.17) is 0 Å². The third-order valence-corrected chi connectivity index (χ3v) is 8.12. The first-order valence-electron chi connectivity index (χ1n) is 11.2. The van der Waals surface area contributed by atoms with E-state index >= 15 is 0 Å². The van der Waals surface area contributed by atoms with E-state index in [0.717, 1.165) is 6.42 Å². The van der Waals surface area contributed by atoms with Crippen LogP contribution in [0, 0.1) is 6.07 Å². The summed E-state index contributed by atoms with van der Waals surface area (Å²) >= 11 is 0. The van der Waals surface area contributed by atoms with Gasteiger partial charge in [0.25, 0.3) is 0 Å². The molecule has 0 saturated heterocycles. The molecule has 0 fully saturated rings. The molecule has 1 aliphatic rings. The molecule has 0 saturated carbocycles. The molecule has 0 spiro atoms. The van der Waals surface area contributed by atoms with E-state index in [2.05, 4.69) is 122 Å². The SMILES string of the molecule is CC(C)(C)c1c[c-]c2c(c1)-c1cc(C(C)(C)C)ccc1C2.C[Si](C)(C)c1cc[cH-]c1.[Cl-].[Cl-].[Zr+4]. The maximum absolute atomic E-state index is 3.53. The van der Waals surface area contributed by atoms with Gasteiger partial charge in [-0.25, -0.2) is 11.3 Å². The van der Waals surface area contributed by atoms with E-state index in [0.29, 0.717) is 0 Å². The molecule has 0 aromatic heterocycles. The third-order valence-electron chi connectivity index (χ3n) is 6.05. The molecule has 0 bridgehead atoms. The molecule has 4 heteroatoms. The number of halogens is 2. The quantitative estimate of drug-likeness (QED) is 0.239. The molecule has 0 atom stereocenters. The molecule has 0 N–H and O–H groups in total. The van der Waals surface area contributed by atoms with E-state index < -0.39 is 8.07 Å². The molecule has 3 aromatic rings. The fourth-order valence-electron chi connectivity index (χ4n) is 3.86. The van der Waals surface area contributed by atoms with Gasteiger partial charge >= 0.3 is 26.2 Å². The Kier molecular flexibility index (Phi) is 11.7. The first kappa shape index (κ1) is 32.5. The van der Waals surface area contributed by atoms with E-state index in [1.165, 1.54) is 33.4 Å². The van der Waals surface area contributed by atoms with Crippen LogP contribution in [-0.2, 0) is 43.5 Å². The van der Waals surface area contributed by atoms with Crippen LogP contribution in [0.15, 0.2) is 54.6 Å². The number of rotatable bonds is 1. The van der Waals surface area contributed by atoms with Crippen molar-refractivity contribution >= 4 is 13.3 Å². The Morgan fingerprint density at radius 2 is 1.39 bits per heavy atom. The predicted molar refractivity (Wildman–Crippen MR) is 136 cm³/mol. The second kappa shape index (κ2) is 11.9. The minimum Gasteiger partial charge on any atom is -1.00 e. The maximum atomic E-state index is 3.53. The minimum absolute atomic E-state index is 0. The van der Waals surface area contributed by atoms with Gasteiger partial charge in [-0.05, 0) is 17.4 Å². The third kappa shape index (κ3) is 7.99. The van der Waals surface area contributed by atoms with E-state index in [1.807, 2.05) is 0 Å². The Morgan fingerprint density at radius 1 is 0.818 bits per heavy atom. The topological polar surface area (TPSA) is 0 Å². The summed E-state index contributed by atoms with van der Waals surface area (Å²) in [5, 5.41) is 1.56. The summed E-state index contributed by atoms with van der Waals surface area (Å²) in [5.41, 5.74) is 8.76. The van der Waals surface area contributed by atoms with Crippen LogP contribution in [0.1, 0.15) is 63.8 Å². The molecule has 176 valence electrons. The summed E-state index contributed by atoms with van der Waals surface area (Å²) in [6.07, 6.45) is 1.03. The normalized spacial score (nSPS) is 12.2. The molecule has 0 unspecified atom stereocenters. The Labute approximate surface area is 235 Å². The van der Waals surface area contributed by atoms with Gasteiger partial charge in [0.1, 0.15) is 0 Å². The van der Waals surface area contributed by atoms with Crippen molar-refractivity contribution in [1.29, 1.82) is 0 Å². The van der Waals surface area contributed by atoms with Crippen molar-refractivity contribution in [3.05, 3.63) is 82.9 Å². The number of hydrogen-bond acceptors (Lipinski definition) is 0. The summed E-state index contributed by atoms with van der Waals surface area (Å²) in [5.74, 6) is 0. The Morgan fingerprint density at radius 3 is 1.85 bits per heavy atom. The van der Waals surface area contributed by atoms with Crippen molar-refractivity contribution in [2.45, 2.75) is 78.4 Å². The molecule has 0 amide bonds. The molecule has 3 aromatic carbocycles. The van der Waals surface area contributed by atoms with E-state index in [-0.39, 0.29) is 61.8 Å². The second-order valence-electron chi connectivity index (χ2n) is 11.8. The van der Waals surface area contributed by atoms with Crippen LogP contribution < -0.4 is 30.0 Å². The number of hydrogen-bond donors (Lipinski definition) is 0. The maximum Gasteiger partial charge on any atom is 4.00 e. The first-order chi connectivity index (χ1) is 13.8. The molecule has 0 nitrogen and oxygen atoms in total. The Balaban J connectivity index is 0.000000733. The summed E-state index contributed by atoms with van der Waals surface area (Å²) in [6.45, 7) is 20.7. The molecule has 4 rings (SSSR count). The molecule has 0 heterocycles. The largest absolute Gasteiger partial charge is 4.00 e. The van der Waals surface area contributed by atoms with Crippen molar-refractivity contribution in [3.63, 3.8) is 0 Å². The van der Waals surface area contributed by atoms with Gasteiger partial charge in [0, 0.05) is 8.07 Å².